The molecule has 0 aliphatic heterocycles. The van der Waals surface area contributed by atoms with E-state index in [1.807, 2.05) is 6.92 Å². The van der Waals surface area contributed by atoms with Crippen LogP contribution in [0.4, 0.5) is 4.39 Å². The van der Waals surface area contributed by atoms with Crippen molar-refractivity contribution in [2.75, 3.05) is 0 Å². The van der Waals surface area contributed by atoms with Crippen molar-refractivity contribution >= 4 is 17.5 Å². The third kappa shape index (κ3) is 4.23. The molecule has 1 atom stereocenters. The highest BCUT2D eigenvalue weighted by Crippen LogP contribution is 2.18. The molecule has 3 aromatic rings. The third-order valence-corrected chi connectivity index (χ3v) is 4.13. The van der Waals surface area contributed by atoms with Gasteiger partial charge < -0.3 is 5.32 Å². The van der Waals surface area contributed by atoms with Crippen LogP contribution in [0.2, 0.25) is 5.02 Å². The Balaban J connectivity index is 1.68. The van der Waals surface area contributed by atoms with Gasteiger partial charge in [0.2, 0.25) is 11.7 Å². The van der Waals surface area contributed by atoms with Gasteiger partial charge >= 0.3 is 0 Å². The molecule has 0 saturated heterocycles. The Morgan fingerprint density at radius 1 is 1.19 bits per heavy atom. The fourth-order valence-corrected chi connectivity index (χ4v) is 2.56. The monoisotopic (exact) mass is 373 g/mol. The second-order valence-corrected chi connectivity index (χ2v) is 6.15. The van der Waals surface area contributed by atoms with Gasteiger partial charge in [0.15, 0.2) is 6.04 Å². The Bertz CT molecular complexity index is 879. The molecule has 0 unspecified atom stereocenters. The van der Waals surface area contributed by atoms with Crippen LogP contribution in [0.5, 0.6) is 0 Å². The van der Waals surface area contributed by atoms with Crippen molar-refractivity contribution in [1.82, 2.24) is 25.5 Å². The van der Waals surface area contributed by atoms with Gasteiger partial charge in [-0.05, 0) is 53.6 Å². The van der Waals surface area contributed by atoms with Crippen molar-refractivity contribution in [3.63, 3.8) is 0 Å². The van der Waals surface area contributed by atoms with Crippen LogP contribution in [0.1, 0.15) is 24.9 Å². The van der Waals surface area contributed by atoms with Crippen LogP contribution in [0, 0.1) is 5.82 Å². The van der Waals surface area contributed by atoms with Crippen LogP contribution < -0.4 is 5.32 Å². The minimum absolute atomic E-state index is 0.225. The topological polar surface area (TPSA) is 72.7 Å². The van der Waals surface area contributed by atoms with Gasteiger partial charge in [-0.3, -0.25) is 4.79 Å². The molecule has 1 aromatic heterocycles. The maximum absolute atomic E-state index is 12.9. The van der Waals surface area contributed by atoms with Gasteiger partial charge in [0.05, 0.1) is 0 Å². The Labute approximate surface area is 155 Å². The number of carbonyl (C=O) groups excluding carboxylic acids is 1. The van der Waals surface area contributed by atoms with E-state index in [9.17, 15) is 9.18 Å². The summed E-state index contributed by atoms with van der Waals surface area (Å²) in [7, 11) is 0. The average Bonchev–Trinajstić information content (AvgIpc) is 3.12. The highest BCUT2D eigenvalue weighted by molar-refractivity contribution is 6.30. The number of halogens is 2. The number of nitrogens with zero attached hydrogens (tertiary/aromatic N) is 4. The van der Waals surface area contributed by atoms with Crippen molar-refractivity contribution in [3.8, 4) is 11.4 Å². The Kier molecular flexibility index (Phi) is 5.58. The van der Waals surface area contributed by atoms with Crippen molar-refractivity contribution < 1.29 is 9.18 Å². The zero-order chi connectivity index (χ0) is 18.5. The number of rotatable bonds is 6. The summed E-state index contributed by atoms with van der Waals surface area (Å²) < 4.78 is 12.9. The Morgan fingerprint density at radius 3 is 2.54 bits per heavy atom. The van der Waals surface area contributed by atoms with Crippen LogP contribution in [0.3, 0.4) is 0 Å². The van der Waals surface area contributed by atoms with Gasteiger partial charge in [-0.15, -0.1) is 10.2 Å². The number of tetrazole rings is 1. The Morgan fingerprint density at radius 2 is 1.88 bits per heavy atom. The first kappa shape index (κ1) is 18.0. The summed E-state index contributed by atoms with van der Waals surface area (Å²) in [6, 6.07) is 12.5. The maximum atomic E-state index is 12.9. The first-order chi connectivity index (χ1) is 12.6. The van der Waals surface area contributed by atoms with Gasteiger partial charge in [-0.2, -0.15) is 4.80 Å². The quantitative estimate of drug-likeness (QED) is 0.718. The molecule has 0 spiro atoms. The van der Waals surface area contributed by atoms with Crippen LogP contribution in [-0.2, 0) is 11.3 Å². The molecule has 1 amide bonds. The summed E-state index contributed by atoms with van der Waals surface area (Å²) in [6.45, 7) is 2.17. The first-order valence-electron chi connectivity index (χ1n) is 8.14. The lowest BCUT2D eigenvalue weighted by Gasteiger charge is -2.13. The predicted octanol–water partition coefficient (Wildman–Crippen LogP) is 3.40. The van der Waals surface area contributed by atoms with Crippen molar-refractivity contribution in [2.24, 2.45) is 0 Å². The molecule has 0 fully saturated rings. The van der Waals surface area contributed by atoms with Gasteiger partial charge in [-0.25, -0.2) is 4.39 Å². The van der Waals surface area contributed by atoms with E-state index in [2.05, 4.69) is 20.7 Å². The third-order valence-electron chi connectivity index (χ3n) is 3.88. The number of hydrogen-bond donors (Lipinski definition) is 1. The van der Waals surface area contributed by atoms with Gasteiger partial charge in [0.25, 0.3) is 0 Å². The van der Waals surface area contributed by atoms with Crippen LogP contribution in [0.15, 0.2) is 48.5 Å². The van der Waals surface area contributed by atoms with Crippen LogP contribution in [-0.4, -0.2) is 26.1 Å². The number of carbonyl (C=O) groups is 1. The maximum Gasteiger partial charge on any atom is 0.247 e. The lowest BCUT2D eigenvalue weighted by atomic mass is 10.2. The van der Waals surface area contributed by atoms with E-state index >= 15 is 0 Å². The van der Waals surface area contributed by atoms with Crippen LogP contribution in [0.25, 0.3) is 11.4 Å². The summed E-state index contributed by atoms with van der Waals surface area (Å²) in [5, 5.41) is 15.8. The van der Waals surface area contributed by atoms with E-state index in [4.69, 9.17) is 11.6 Å². The molecule has 134 valence electrons. The summed E-state index contributed by atoms with van der Waals surface area (Å²) in [5.41, 5.74) is 1.57. The minimum atomic E-state index is -0.580. The van der Waals surface area contributed by atoms with E-state index in [0.717, 1.165) is 11.1 Å². The largest absolute Gasteiger partial charge is 0.350 e. The average molecular weight is 374 g/mol. The van der Waals surface area contributed by atoms with Gasteiger partial charge in [0, 0.05) is 17.1 Å². The lowest BCUT2D eigenvalue weighted by Crippen LogP contribution is -2.33. The summed E-state index contributed by atoms with van der Waals surface area (Å²) >= 11 is 5.88. The minimum Gasteiger partial charge on any atom is -0.350 e. The van der Waals surface area contributed by atoms with Crippen LogP contribution >= 0.6 is 11.6 Å². The predicted molar refractivity (Wildman–Crippen MR) is 95.8 cm³/mol. The van der Waals surface area contributed by atoms with Crippen molar-refractivity contribution in [1.29, 1.82) is 0 Å². The zero-order valence-corrected chi connectivity index (χ0v) is 14.8. The highest BCUT2D eigenvalue weighted by Gasteiger charge is 2.21. The molecule has 26 heavy (non-hydrogen) atoms. The van der Waals surface area contributed by atoms with Gasteiger partial charge in [-0.1, -0.05) is 30.7 Å². The van der Waals surface area contributed by atoms with E-state index in [1.54, 1.807) is 36.4 Å². The number of aromatic nitrogens is 4. The molecule has 0 radical (unpaired) electrons. The molecule has 0 aliphatic rings. The molecule has 0 bridgehead atoms. The molecule has 3 rings (SSSR count). The second kappa shape index (κ2) is 8.05. The zero-order valence-electron chi connectivity index (χ0n) is 14.1. The number of amides is 1. The normalized spacial score (nSPS) is 12.0. The second-order valence-electron chi connectivity index (χ2n) is 5.71. The van der Waals surface area contributed by atoms with Gasteiger partial charge in [0.1, 0.15) is 5.82 Å². The summed E-state index contributed by atoms with van der Waals surface area (Å²) in [4.78, 5) is 13.8. The number of hydrogen-bond acceptors (Lipinski definition) is 4. The molecule has 1 N–H and O–H groups in total. The SMILES string of the molecule is CC[C@H](C(=O)NCc1ccc(F)cc1)n1nnc(-c2ccc(Cl)cc2)n1. The van der Waals surface area contributed by atoms with E-state index in [0.29, 0.717) is 23.8 Å². The standard InChI is InChI=1S/C18H17ClFN5O/c1-2-16(18(26)21-11-12-3-9-15(20)10-4-12)25-23-17(22-24-25)13-5-7-14(19)8-6-13/h3-10,16H,2,11H2,1H3,(H,21,26)/t16-/m1/s1. The van der Waals surface area contributed by atoms with E-state index in [1.165, 1.54) is 16.9 Å². The van der Waals surface area contributed by atoms with Crippen molar-refractivity contribution in [2.45, 2.75) is 25.9 Å². The number of nitrogens with one attached hydrogen (secondary N) is 1. The van der Waals surface area contributed by atoms with E-state index < -0.39 is 6.04 Å². The smallest absolute Gasteiger partial charge is 0.247 e. The molecule has 8 heteroatoms. The number of benzene rings is 2. The van der Waals surface area contributed by atoms with E-state index in [-0.39, 0.29) is 11.7 Å². The lowest BCUT2D eigenvalue weighted by molar-refractivity contribution is -0.125. The molecule has 1 heterocycles. The fourth-order valence-electron chi connectivity index (χ4n) is 2.43. The molecule has 2 aromatic carbocycles. The molecule has 0 saturated carbocycles. The molecule has 6 nitrogen and oxygen atoms in total. The summed E-state index contributed by atoms with van der Waals surface area (Å²) in [6.07, 6.45) is 0.506. The Hall–Kier alpha value is -2.80. The fraction of sp³-hybridized carbons (Fsp3) is 0.222. The molecule has 0 aliphatic carbocycles. The first-order valence-corrected chi connectivity index (χ1v) is 8.52. The van der Waals surface area contributed by atoms with Crippen molar-refractivity contribution in [3.05, 3.63) is 64.9 Å². The molecular formula is C18H17ClFN5O. The molecular weight excluding hydrogens is 357 g/mol. The highest BCUT2D eigenvalue weighted by atomic mass is 35.5. The summed E-state index contributed by atoms with van der Waals surface area (Å²) in [5.74, 6) is -0.114.